The predicted octanol–water partition coefficient (Wildman–Crippen LogP) is 1.71. The van der Waals surface area contributed by atoms with Crippen LogP contribution in [0.5, 0.6) is 5.75 Å². The molecule has 0 spiro atoms. The van der Waals surface area contributed by atoms with Crippen molar-refractivity contribution in [1.29, 1.82) is 0 Å². The average Bonchev–Trinajstić information content (AvgIpc) is 2.80. The van der Waals surface area contributed by atoms with E-state index in [0.29, 0.717) is 0 Å². The molecule has 0 bridgehead atoms. The fourth-order valence-corrected chi connectivity index (χ4v) is 2.43. The molecule has 3 N–H and O–H groups in total. The molecular weight excluding hydrogens is 232 g/mol. The number of ether oxygens (including phenoxy) is 1. The number of benzene rings is 1. The van der Waals surface area contributed by atoms with Gasteiger partial charge in [-0.25, -0.2) is 13.6 Å². The molecule has 3 rings (SSSR count). The molecule has 1 saturated carbocycles. The highest BCUT2D eigenvalue weighted by Gasteiger charge is 2.71. The van der Waals surface area contributed by atoms with Crippen molar-refractivity contribution >= 4 is 11.7 Å². The molecule has 1 fully saturated rings. The van der Waals surface area contributed by atoms with Crippen molar-refractivity contribution in [2.75, 3.05) is 12.3 Å². The zero-order valence-corrected chi connectivity index (χ0v) is 8.61. The van der Waals surface area contributed by atoms with Gasteiger partial charge in [-0.05, 0) is 6.07 Å². The number of fused-ring (bicyclic) bond motifs is 3. The molecule has 1 aliphatic carbocycles. The first-order valence-electron chi connectivity index (χ1n) is 5.11. The summed E-state index contributed by atoms with van der Waals surface area (Å²) in [6.07, 6.45) is 0. The highest BCUT2D eigenvalue weighted by Crippen LogP contribution is 2.65. The van der Waals surface area contributed by atoms with Gasteiger partial charge in [0.2, 0.25) is 0 Å². The molecule has 2 atom stereocenters. The van der Waals surface area contributed by atoms with Crippen LogP contribution in [0.4, 0.5) is 14.5 Å². The Balaban J connectivity index is 2.18. The van der Waals surface area contributed by atoms with Crippen LogP contribution in [0.25, 0.3) is 0 Å². The maximum absolute atomic E-state index is 13.4. The number of carboxylic acid groups (broad SMARTS) is 1. The lowest BCUT2D eigenvalue weighted by Crippen LogP contribution is -2.14. The van der Waals surface area contributed by atoms with Crippen molar-refractivity contribution in [3.05, 3.63) is 23.3 Å². The summed E-state index contributed by atoms with van der Waals surface area (Å²) < 4.78 is 31.9. The summed E-state index contributed by atoms with van der Waals surface area (Å²) in [6, 6.07) is 2.76. The van der Waals surface area contributed by atoms with Crippen LogP contribution in [0.3, 0.4) is 0 Å². The maximum Gasteiger partial charge on any atom is 0.341 e. The lowest BCUT2D eigenvalue weighted by Gasteiger charge is -2.18. The summed E-state index contributed by atoms with van der Waals surface area (Å²) in [7, 11) is 0. The van der Waals surface area contributed by atoms with Gasteiger partial charge in [0.05, 0.1) is 18.4 Å². The van der Waals surface area contributed by atoms with Crippen molar-refractivity contribution in [1.82, 2.24) is 0 Å². The van der Waals surface area contributed by atoms with Crippen LogP contribution in [-0.4, -0.2) is 23.6 Å². The lowest BCUT2D eigenvalue weighted by molar-refractivity contribution is 0.0691. The number of nitrogens with two attached hydrogens (primary N) is 1. The minimum atomic E-state index is -2.79. The van der Waals surface area contributed by atoms with Gasteiger partial charge in [-0.1, -0.05) is 6.07 Å². The number of aromatic carboxylic acids is 1. The van der Waals surface area contributed by atoms with Crippen LogP contribution in [0.2, 0.25) is 0 Å². The summed E-state index contributed by atoms with van der Waals surface area (Å²) in [6.45, 7) is -0.158. The second kappa shape index (κ2) is 2.88. The normalized spacial score (nSPS) is 27.6. The van der Waals surface area contributed by atoms with Gasteiger partial charge in [0.1, 0.15) is 11.3 Å². The van der Waals surface area contributed by atoms with Crippen LogP contribution >= 0.6 is 0 Å². The monoisotopic (exact) mass is 241 g/mol. The van der Waals surface area contributed by atoms with Crippen LogP contribution in [0.1, 0.15) is 21.8 Å². The molecule has 6 heteroatoms. The van der Waals surface area contributed by atoms with Crippen LogP contribution < -0.4 is 10.5 Å². The number of hydrogen-bond acceptors (Lipinski definition) is 3. The van der Waals surface area contributed by atoms with Crippen LogP contribution in [0.15, 0.2) is 12.1 Å². The molecule has 0 aromatic heterocycles. The molecule has 0 saturated heterocycles. The Morgan fingerprint density at radius 2 is 2.24 bits per heavy atom. The molecule has 0 amide bonds. The first-order valence-corrected chi connectivity index (χ1v) is 5.11. The van der Waals surface area contributed by atoms with E-state index in [4.69, 9.17) is 15.6 Å². The molecule has 1 heterocycles. The Labute approximate surface area is 95.0 Å². The zero-order valence-electron chi connectivity index (χ0n) is 8.61. The predicted molar refractivity (Wildman–Crippen MR) is 54.5 cm³/mol. The van der Waals surface area contributed by atoms with Gasteiger partial charge in [-0.15, -0.1) is 0 Å². The van der Waals surface area contributed by atoms with Crippen molar-refractivity contribution in [2.24, 2.45) is 5.92 Å². The Morgan fingerprint density at radius 3 is 2.88 bits per heavy atom. The van der Waals surface area contributed by atoms with Crippen molar-refractivity contribution in [3.63, 3.8) is 0 Å². The number of rotatable bonds is 1. The lowest BCUT2D eigenvalue weighted by atomic mass is 10.0. The summed E-state index contributed by atoms with van der Waals surface area (Å²) in [5.41, 5.74) is 5.58. The van der Waals surface area contributed by atoms with E-state index >= 15 is 0 Å². The SMILES string of the molecule is Nc1ccc2c(c1C(=O)O)OCC1C2C1(F)F. The van der Waals surface area contributed by atoms with Gasteiger partial charge in [-0.3, -0.25) is 0 Å². The number of nitrogen functional groups attached to an aromatic ring is 1. The Morgan fingerprint density at radius 1 is 1.53 bits per heavy atom. The topological polar surface area (TPSA) is 72.6 Å². The zero-order chi connectivity index (χ0) is 12.4. The van der Waals surface area contributed by atoms with Gasteiger partial charge >= 0.3 is 5.97 Å². The highest BCUT2D eigenvalue weighted by molar-refractivity contribution is 5.97. The number of carbonyl (C=O) groups is 1. The van der Waals surface area contributed by atoms with Crippen LogP contribution in [-0.2, 0) is 0 Å². The minimum Gasteiger partial charge on any atom is -0.492 e. The molecule has 2 aliphatic rings. The van der Waals surface area contributed by atoms with E-state index in [9.17, 15) is 13.6 Å². The molecule has 17 heavy (non-hydrogen) atoms. The summed E-state index contributed by atoms with van der Waals surface area (Å²) >= 11 is 0. The molecule has 1 aromatic carbocycles. The van der Waals surface area contributed by atoms with E-state index in [2.05, 4.69) is 0 Å². The Hall–Kier alpha value is -1.85. The van der Waals surface area contributed by atoms with E-state index in [-0.39, 0.29) is 29.2 Å². The summed E-state index contributed by atoms with van der Waals surface area (Å²) in [5, 5.41) is 9.00. The van der Waals surface area contributed by atoms with E-state index < -0.39 is 23.7 Å². The molecule has 1 aliphatic heterocycles. The fraction of sp³-hybridized carbons (Fsp3) is 0.364. The third-order valence-corrected chi connectivity index (χ3v) is 3.38. The number of halogens is 2. The fourth-order valence-electron chi connectivity index (χ4n) is 2.43. The number of hydrogen-bond donors (Lipinski definition) is 2. The number of alkyl halides is 2. The standard InChI is InChI=1S/C11H9F2NO3/c12-11(13)5-3-17-9-4(8(5)11)1-2-6(14)7(9)10(15)16/h1-2,5,8H,3,14H2,(H,15,16). The summed E-state index contributed by atoms with van der Waals surface area (Å²) in [4.78, 5) is 11.0. The minimum absolute atomic E-state index is 0.00377. The molecular formula is C11H9F2NO3. The first kappa shape index (κ1) is 10.3. The van der Waals surface area contributed by atoms with E-state index in [1.165, 1.54) is 12.1 Å². The second-order valence-corrected chi connectivity index (χ2v) is 4.32. The van der Waals surface area contributed by atoms with Gasteiger partial charge in [0.25, 0.3) is 5.92 Å². The average molecular weight is 241 g/mol. The summed E-state index contributed by atoms with van der Waals surface area (Å²) in [5.74, 6) is -5.82. The highest BCUT2D eigenvalue weighted by atomic mass is 19.3. The molecule has 90 valence electrons. The van der Waals surface area contributed by atoms with Gasteiger partial charge in [0.15, 0.2) is 0 Å². The van der Waals surface area contributed by atoms with E-state index in [0.717, 1.165) is 0 Å². The van der Waals surface area contributed by atoms with E-state index in [1.54, 1.807) is 0 Å². The number of carboxylic acids is 1. The van der Waals surface area contributed by atoms with E-state index in [1.807, 2.05) is 0 Å². The molecule has 2 unspecified atom stereocenters. The smallest absolute Gasteiger partial charge is 0.341 e. The molecule has 1 aromatic rings. The van der Waals surface area contributed by atoms with Gasteiger partial charge < -0.3 is 15.6 Å². The first-order chi connectivity index (χ1) is 7.94. The second-order valence-electron chi connectivity index (χ2n) is 4.32. The van der Waals surface area contributed by atoms with Crippen LogP contribution in [0, 0.1) is 5.92 Å². The Kier molecular flexibility index (Phi) is 1.75. The van der Waals surface area contributed by atoms with Gasteiger partial charge in [-0.2, -0.15) is 0 Å². The van der Waals surface area contributed by atoms with Gasteiger partial charge in [0, 0.05) is 11.3 Å². The number of anilines is 1. The van der Waals surface area contributed by atoms with Crippen molar-refractivity contribution in [2.45, 2.75) is 11.8 Å². The quantitative estimate of drug-likeness (QED) is 0.734. The molecule has 0 radical (unpaired) electrons. The van der Waals surface area contributed by atoms with Crippen molar-refractivity contribution < 1.29 is 23.4 Å². The maximum atomic E-state index is 13.4. The third kappa shape index (κ3) is 1.18. The Bertz CT molecular complexity index is 530. The van der Waals surface area contributed by atoms with Crippen molar-refractivity contribution in [3.8, 4) is 5.75 Å². The molecule has 4 nitrogen and oxygen atoms in total. The largest absolute Gasteiger partial charge is 0.492 e. The third-order valence-electron chi connectivity index (χ3n) is 3.38.